The fourth-order valence-corrected chi connectivity index (χ4v) is 4.41. The molecule has 1 aliphatic rings. The summed E-state index contributed by atoms with van der Waals surface area (Å²) in [6, 6.07) is 0. The SMILES string of the molecule is CC(=O)O[C]1(OC(C)=O)C=C[CH]=[In]1. The number of rotatable bonds is 2. The van der Waals surface area contributed by atoms with Crippen molar-refractivity contribution in [1.29, 1.82) is 0 Å². The number of carbonyl (C=O) groups excluding carboxylic acids is 2. The Hall–Kier alpha value is -0.580. The Morgan fingerprint density at radius 1 is 1.23 bits per heavy atom. The van der Waals surface area contributed by atoms with Crippen molar-refractivity contribution >= 4 is 38.1 Å². The second-order valence-corrected chi connectivity index (χ2v) is 6.97. The van der Waals surface area contributed by atoms with E-state index in [0.717, 1.165) is 0 Å². The van der Waals surface area contributed by atoms with Crippen LogP contribution in [0.4, 0.5) is 0 Å². The standard InChI is InChI=1S/C8H9O4.In/c1-4-5-8(11-6(2)9)12-7(3)10;/h1,4-5H,2-3H3;. The van der Waals surface area contributed by atoms with Gasteiger partial charge in [-0.1, -0.05) is 0 Å². The van der Waals surface area contributed by atoms with Gasteiger partial charge in [0.15, 0.2) is 0 Å². The predicted molar refractivity (Wildman–Crippen MR) is 47.2 cm³/mol. The van der Waals surface area contributed by atoms with Gasteiger partial charge in [0.2, 0.25) is 0 Å². The van der Waals surface area contributed by atoms with Crippen molar-refractivity contribution in [3.05, 3.63) is 12.2 Å². The summed E-state index contributed by atoms with van der Waals surface area (Å²) >= 11 is -1.31. The molecule has 0 aliphatic carbocycles. The summed E-state index contributed by atoms with van der Waals surface area (Å²) in [6.45, 7) is 2.61. The third-order valence-corrected chi connectivity index (χ3v) is 5.11. The van der Waals surface area contributed by atoms with E-state index in [-0.39, 0.29) is 0 Å². The van der Waals surface area contributed by atoms with Gasteiger partial charge in [0.05, 0.1) is 0 Å². The molecule has 0 spiro atoms. The Morgan fingerprint density at radius 3 is 2.08 bits per heavy atom. The maximum absolute atomic E-state index is 10.8. The van der Waals surface area contributed by atoms with Crippen molar-refractivity contribution in [3.63, 3.8) is 0 Å². The van der Waals surface area contributed by atoms with Gasteiger partial charge in [-0.15, -0.1) is 0 Å². The molecule has 68 valence electrons. The van der Waals surface area contributed by atoms with Crippen molar-refractivity contribution in [2.75, 3.05) is 0 Å². The molecule has 0 unspecified atom stereocenters. The van der Waals surface area contributed by atoms with Crippen LogP contribution in [0.15, 0.2) is 12.2 Å². The summed E-state index contributed by atoms with van der Waals surface area (Å²) in [5.41, 5.74) is 0. The summed E-state index contributed by atoms with van der Waals surface area (Å²) in [5.74, 6) is -0.847. The molecule has 0 aromatic rings. The third kappa shape index (κ3) is 2.99. The molecule has 0 aromatic heterocycles. The van der Waals surface area contributed by atoms with Crippen molar-refractivity contribution < 1.29 is 19.1 Å². The van der Waals surface area contributed by atoms with Gasteiger partial charge in [-0.25, -0.2) is 0 Å². The van der Waals surface area contributed by atoms with Crippen molar-refractivity contribution in [2.24, 2.45) is 0 Å². The molecular weight excluding hydrogens is 275 g/mol. The molecule has 0 bridgehead atoms. The molecule has 0 atom stereocenters. The van der Waals surface area contributed by atoms with Crippen LogP contribution in [0.3, 0.4) is 0 Å². The van der Waals surface area contributed by atoms with E-state index in [2.05, 4.69) is 0 Å². The Kier molecular flexibility index (Phi) is 3.30. The van der Waals surface area contributed by atoms with Crippen LogP contribution in [0, 0.1) is 0 Å². The Bertz CT molecular complexity index is 263. The summed E-state index contributed by atoms with van der Waals surface area (Å²) in [6.07, 6.45) is 3.42. The van der Waals surface area contributed by atoms with E-state index in [1.165, 1.54) is 13.8 Å². The van der Waals surface area contributed by atoms with Crippen molar-refractivity contribution in [3.8, 4) is 0 Å². The molecule has 4 nitrogen and oxygen atoms in total. The predicted octanol–water partition coefficient (Wildman–Crippen LogP) is -0.157. The third-order valence-electron chi connectivity index (χ3n) is 1.37. The zero-order valence-electron chi connectivity index (χ0n) is 7.44. The molecule has 5 heteroatoms. The summed E-state index contributed by atoms with van der Waals surface area (Å²) in [4.78, 5) is 21.5. The van der Waals surface area contributed by atoms with Gasteiger partial charge in [0.25, 0.3) is 0 Å². The average Bonchev–Trinajstić information content (AvgIpc) is 2.33. The van der Waals surface area contributed by atoms with Crippen LogP contribution in [0.25, 0.3) is 0 Å². The summed E-state index contributed by atoms with van der Waals surface area (Å²) < 4.78 is 10.9. The number of ether oxygens (including phenoxy) is 2. The van der Waals surface area contributed by atoms with E-state index in [0.29, 0.717) is 0 Å². The zero-order valence-corrected chi connectivity index (χ0v) is 10.7. The zero-order chi connectivity index (χ0) is 9.90. The molecule has 0 amide bonds. The Balaban J connectivity index is 2.76. The Labute approximate surface area is 86.7 Å². The van der Waals surface area contributed by atoms with E-state index in [1.807, 2.05) is 3.76 Å². The molecule has 0 radical (unpaired) electrons. The van der Waals surface area contributed by atoms with Gasteiger partial charge >= 0.3 is 86.7 Å². The van der Waals surface area contributed by atoms with Crippen LogP contribution in [-0.4, -0.2) is 41.7 Å². The second kappa shape index (κ2) is 4.09. The molecule has 0 saturated carbocycles. The fraction of sp³-hybridized carbons (Fsp3) is 0.375. The minimum atomic E-state index is -1.31. The number of hydrogen-bond acceptors (Lipinski definition) is 4. The molecule has 0 saturated heterocycles. The van der Waals surface area contributed by atoms with Gasteiger partial charge < -0.3 is 0 Å². The number of allylic oxidation sites excluding steroid dienone is 1. The molecule has 0 N–H and O–H groups in total. The first-order valence-electron chi connectivity index (χ1n) is 3.80. The first-order chi connectivity index (χ1) is 6.04. The second-order valence-electron chi connectivity index (χ2n) is 2.63. The van der Waals surface area contributed by atoms with E-state index in [9.17, 15) is 9.59 Å². The quantitative estimate of drug-likeness (QED) is 0.522. The van der Waals surface area contributed by atoms with Crippen LogP contribution in [0.1, 0.15) is 13.8 Å². The molecule has 1 heterocycles. The summed E-state index contributed by atoms with van der Waals surface area (Å²) in [5, 5.41) is 0. The molecule has 1 aliphatic heterocycles. The monoisotopic (exact) mass is 284 g/mol. The van der Waals surface area contributed by atoms with Crippen LogP contribution in [-0.2, 0) is 19.1 Å². The molecular formula is C8H9InO4. The van der Waals surface area contributed by atoms with Crippen LogP contribution < -0.4 is 0 Å². The van der Waals surface area contributed by atoms with Crippen LogP contribution in [0.2, 0.25) is 0 Å². The number of esters is 2. The topological polar surface area (TPSA) is 52.6 Å². The van der Waals surface area contributed by atoms with Crippen molar-refractivity contribution in [2.45, 2.75) is 17.4 Å². The van der Waals surface area contributed by atoms with Gasteiger partial charge in [-0.3, -0.25) is 0 Å². The average molecular weight is 284 g/mol. The van der Waals surface area contributed by atoms with Gasteiger partial charge in [0, 0.05) is 0 Å². The van der Waals surface area contributed by atoms with E-state index in [1.54, 1.807) is 12.2 Å². The maximum atomic E-state index is 10.8. The van der Waals surface area contributed by atoms with Crippen LogP contribution >= 0.6 is 0 Å². The van der Waals surface area contributed by atoms with E-state index < -0.39 is 37.9 Å². The number of carbonyl (C=O) groups is 2. The fourth-order valence-electron chi connectivity index (χ4n) is 1.04. The van der Waals surface area contributed by atoms with Crippen molar-refractivity contribution in [1.82, 2.24) is 0 Å². The first kappa shape index (κ1) is 10.5. The minimum absolute atomic E-state index is 0.424. The normalized spacial score (nSPS) is 16.5. The van der Waals surface area contributed by atoms with Gasteiger partial charge in [0.1, 0.15) is 0 Å². The van der Waals surface area contributed by atoms with E-state index >= 15 is 0 Å². The molecule has 13 heavy (non-hydrogen) atoms. The van der Waals surface area contributed by atoms with Gasteiger partial charge in [-0.05, 0) is 0 Å². The number of hydrogen-bond donors (Lipinski definition) is 0. The molecule has 0 aromatic carbocycles. The summed E-state index contributed by atoms with van der Waals surface area (Å²) in [7, 11) is 0. The Morgan fingerprint density at radius 2 is 1.77 bits per heavy atom. The van der Waals surface area contributed by atoms with Crippen LogP contribution in [0.5, 0.6) is 0 Å². The van der Waals surface area contributed by atoms with E-state index in [4.69, 9.17) is 9.47 Å². The first-order valence-corrected chi connectivity index (χ1v) is 7.35. The molecule has 1 rings (SSSR count). The van der Waals surface area contributed by atoms with Gasteiger partial charge in [-0.2, -0.15) is 0 Å². The molecule has 0 fully saturated rings.